The van der Waals surface area contributed by atoms with Crippen LogP contribution in [-0.2, 0) is 0 Å². The normalized spacial score (nSPS) is 30.2. The van der Waals surface area contributed by atoms with Gasteiger partial charge < -0.3 is 4.74 Å². The van der Waals surface area contributed by atoms with Crippen molar-refractivity contribution in [2.24, 2.45) is 29.6 Å². The van der Waals surface area contributed by atoms with Crippen molar-refractivity contribution in [1.29, 1.82) is 0 Å². The summed E-state index contributed by atoms with van der Waals surface area (Å²) in [5.74, 6) is 3.31. The Bertz CT molecular complexity index is 827. The third-order valence-electron chi connectivity index (χ3n) is 10.6. The lowest BCUT2D eigenvalue weighted by atomic mass is 9.64. The van der Waals surface area contributed by atoms with Gasteiger partial charge >= 0.3 is 0 Å². The molecule has 0 radical (unpaired) electrons. The predicted octanol–water partition coefficient (Wildman–Crippen LogP) is 11.2. The molecule has 0 N–H and O–H groups in total. The van der Waals surface area contributed by atoms with E-state index in [9.17, 15) is 8.78 Å². The van der Waals surface area contributed by atoms with Crippen LogP contribution in [0.2, 0.25) is 0 Å². The van der Waals surface area contributed by atoms with E-state index in [0.29, 0.717) is 12.2 Å². The molecule has 0 saturated heterocycles. The summed E-state index contributed by atoms with van der Waals surface area (Å²) in [6, 6.07) is 3.46. The number of rotatable bonds is 13. The first-order chi connectivity index (χ1) is 18.6. The lowest BCUT2D eigenvalue weighted by Gasteiger charge is -2.41. The van der Waals surface area contributed by atoms with Gasteiger partial charge in [-0.05, 0) is 131 Å². The third kappa shape index (κ3) is 8.07. The van der Waals surface area contributed by atoms with Gasteiger partial charge in [-0.15, -0.1) is 6.58 Å². The van der Waals surface area contributed by atoms with E-state index in [0.717, 1.165) is 68.1 Å². The van der Waals surface area contributed by atoms with E-state index in [1.165, 1.54) is 83.5 Å². The lowest BCUT2D eigenvalue weighted by Crippen LogP contribution is -2.29. The minimum absolute atomic E-state index is 0.0781. The molecular formula is C35H54F2O. The Morgan fingerprint density at radius 2 is 1.32 bits per heavy atom. The SMILES string of the molecule is C=CCCCC1CCC(C2CCC(C3CCC(c4ccc(OCCCCCC)c(F)c4F)CC3)CC2)CC1. The van der Waals surface area contributed by atoms with Crippen LogP contribution in [-0.4, -0.2) is 6.61 Å². The van der Waals surface area contributed by atoms with Crippen LogP contribution >= 0.6 is 0 Å². The summed E-state index contributed by atoms with van der Waals surface area (Å²) in [5.41, 5.74) is 0.572. The van der Waals surface area contributed by atoms with E-state index in [2.05, 4.69) is 19.6 Å². The first-order valence-electron chi connectivity index (χ1n) is 16.3. The minimum Gasteiger partial charge on any atom is -0.490 e. The molecule has 4 rings (SSSR count). The number of ether oxygens (including phenoxy) is 1. The fourth-order valence-electron chi connectivity index (χ4n) is 8.17. The highest BCUT2D eigenvalue weighted by Crippen LogP contribution is 2.48. The van der Waals surface area contributed by atoms with Crippen LogP contribution in [0.15, 0.2) is 24.8 Å². The molecule has 3 aliphatic carbocycles. The molecule has 3 heteroatoms. The number of benzene rings is 1. The second-order valence-corrected chi connectivity index (χ2v) is 13.0. The molecule has 0 heterocycles. The number of allylic oxidation sites excluding steroid dienone is 1. The van der Waals surface area contributed by atoms with Gasteiger partial charge in [0.25, 0.3) is 0 Å². The molecular weight excluding hydrogens is 474 g/mol. The van der Waals surface area contributed by atoms with E-state index in [1.54, 1.807) is 12.1 Å². The maximum atomic E-state index is 15.0. The zero-order chi connectivity index (χ0) is 26.7. The van der Waals surface area contributed by atoms with Crippen LogP contribution in [0.3, 0.4) is 0 Å². The van der Waals surface area contributed by atoms with Gasteiger partial charge in [-0.2, -0.15) is 4.39 Å². The monoisotopic (exact) mass is 528 g/mol. The van der Waals surface area contributed by atoms with Crippen LogP contribution in [0.5, 0.6) is 5.75 Å². The van der Waals surface area contributed by atoms with E-state index < -0.39 is 11.6 Å². The second-order valence-electron chi connectivity index (χ2n) is 13.0. The molecule has 1 nitrogen and oxygen atoms in total. The standard InChI is InChI=1S/C35H54F2O/c1-3-5-7-9-25-38-33-24-23-32(34(36)35(33)37)31-21-19-30(20-22-31)29-17-15-28(16-18-29)27-13-11-26(12-14-27)10-8-6-4-2/h4,23-24,26-31H,2-3,5-22,25H2,1H3. The van der Waals surface area contributed by atoms with Crippen molar-refractivity contribution in [3.05, 3.63) is 42.0 Å². The highest BCUT2D eigenvalue weighted by atomic mass is 19.2. The van der Waals surface area contributed by atoms with Gasteiger partial charge in [0, 0.05) is 0 Å². The van der Waals surface area contributed by atoms with Crippen LogP contribution in [0.4, 0.5) is 8.78 Å². The van der Waals surface area contributed by atoms with Crippen molar-refractivity contribution in [2.45, 2.75) is 135 Å². The molecule has 214 valence electrons. The van der Waals surface area contributed by atoms with Crippen molar-refractivity contribution in [3.63, 3.8) is 0 Å². The predicted molar refractivity (Wildman–Crippen MR) is 156 cm³/mol. The molecule has 1 aromatic rings. The molecule has 3 aliphatic rings. The largest absolute Gasteiger partial charge is 0.490 e. The number of halogens is 2. The first-order valence-corrected chi connectivity index (χ1v) is 16.3. The Kier molecular flexibility index (Phi) is 12.0. The van der Waals surface area contributed by atoms with Gasteiger partial charge in [-0.25, -0.2) is 4.39 Å². The quantitative estimate of drug-likeness (QED) is 0.183. The number of hydrogen-bond donors (Lipinski definition) is 0. The molecule has 0 spiro atoms. The second kappa shape index (κ2) is 15.4. The van der Waals surface area contributed by atoms with Gasteiger partial charge in [-0.1, -0.05) is 57.6 Å². The molecule has 3 fully saturated rings. The fraction of sp³-hybridized carbons (Fsp3) is 0.771. The van der Waals surface area contributed by atoms with E-state index >= 15 is 0 Å². The highest BCUT2D eigenvalue weighted by molar-refractivity contribution is 5.33. The van der Waals surface area contributed by atoms with Gasteiger partial charge in [0.2, 0.25) is 5.82 Å². The molecule has 0 aliphatic heterocycles. The topological polar surface area (TPSA) is 9.23 Å². The van der Waals surface area contributed by atoms with Crippen molar-refractivity contribution < 1.29 is 13.5 Å². The molecule has 0 bridgehead atoms. The van der Waals surface area contributed by atoms with E-state index in [-0.39, 0.29) is 11.7 Å². The molecule has 0 unspecified atom stereocenters. The maximum absolute atomic E-state index is 15.0. The summed E-state index contributed by atoms with van der Waals surface area (Å²) in [6.45, 7) is 6.48. The van der Waals surface area contributed by atoms with Gasteiger partial charge in [0.05, 0.1) is 6.61 Å². The van der Waals surface area contributed by atoms with Crippen LogP contribution in [0.25, 0.3) is 0 Å². The van der Waals surface area contributed by atoms with Crippen molar-refractivity contribution in [1.82, 2.24) is 0 Å². The third-order valence-corrected chi connectivity index (χ3v) is 10.6. The summed E-state index contributed by atoms with van der Waals surface area (Å²) in [4.78, 5) is 0. The van der Waals surface area contributed by atoms with Crippen molar-refractivity contribution in [2.75, 3.05) is 6.61 Å². The number of unbranched alkanes of at least 4 members (excludes halogenated alkanes) is 4. The van der Waals surface area contributed by atoms with Gasteiger partial charge in [0.1, 0.15) is 0 Å². The summed E-state index contributed by atoms with van der Waals surface area (Å²) < 4.78 is 35.3. The van der Waals surface area contributed by atoms with E-state index in [4.69, 9.17) is 4.74 Å². The first kappa shape index (κ1) is 29.6. The van der Waals surface area contributed by atoms with Crippen LogP contribution in [0.1, 0.15) is 140 Å². The average Bonchev–Trinajstić information content (AvgIpc) is 2.96. The summed E-state index contributed by atoms with van der Waals surface area (Å²) in [5, 5.41) is 0. The Morgan fingerprint density at radius 1 is 0.737 bits per heavy atom. The zero-order valence-electron chi connectivity index (χ0n) is 24.2. The highest BCUT2D eigenvalue weighted by Gasteiger charge is 2.35. The fourth-order valence-corrected chi connectivity index (χ4v) is 8.17. The van der Waals surface area contributed by atoms with Gasteiger partial charge in [0.15, 0.2) is 11.6 Å². The minimum atomic E-state index is -0.788. The zero-order valence-corrected chi connectivity index (χ0v) is 24.2. The molecule has 38 heavy (non-hydrogen) atoms. The molecule has 0 aromatic heterocycles. The Balaban J connectivity index is 1.17. The Morgan fingerprint density at radius 3 is 1.89 bits per heavy atom. The number of hydrogen-bond acceptors (Lipinski definition) is 1. The summed E-state index contributed by atoms with van der Waals surface area (Å²) >= 11 is 0. The van der Waals surface area contributed by atoms with E-state index in [1.807, 2.05) is 0 Å². The molecule has 3 saturated carbocycles. The Labute approximate surface area is 232 Å². The van der Waals surface area contributed by atoms with Crippen LogP contribution < -0.4 is 4.74 Å². The average molecular weight is 529 g/mol. The molecule has 0 amide bonds. The summed E-state index contributed by atoms with van der Waals surface area (Å²) in [7, 11) is 0. The summed E-state index contributed by atoms with van der Waals surface area (Å²) in [6.07, 6.45) is 26.1. The van der Waals surface area contributed by atoms with Crippen molar-refractivity contribution >= 4 is 0 Å². The Hall–Kier alpha value is -1.38. The van der Waals surface area contributed by atoms with Gasteiger partial charge in [-0.3, -0.25) is 0 Å². The van der Waals surface area contributed by atoms with Crippen molar-refractivity contribution in [3.8, 4) is 5.75 Å². The maximum Gasteiger partial charge on any atom is 0.200 e. The van der Waals surface area contributed by atoms with Crippen LogP contribution in [0, 0.1) is 41.2 Å². The molecule has 0 atom stereocenters. The smallest absolute Gasteiger partial charge is 0.200 e. The molecule has 1 aromatic carbocycles. The lowest BCUT2D eigenvalue weighted by molar-refractivity contribution is 0.108.